The van der Waals surface area contributed by atoms with Crippen molar-refractivity contribution in [3.63, 3.8) is 0 Å². The Balaban J connectivity index is 2.06. The molecule has 0 aromatic rings. The van der Waals surface area contributed by atoms with Gasteiger partial charge in [0, 0.05) is 12.3 Å². The first-order valence-corrected chi connectivity index (χ1v) is 3.90. The van der Waals surface area contributed by atoms with Crippen LogP contribution in [0.2, 0.25) is 0 Å². The van der Waals surface area contributed by atoms with Crippen LogP contribution in [0.3, 0.4) is 0 Å². The minimum atomic E-state index is 1.01. The van der Waals surface area contributed by atoms with Crippen LogP contribution in [0.15, 0.2) is 0 Å². The normalized spacial score (nSPS) is 22.1. The lowest BCUT2D eigenvalue weighted by molar-refractivity contribution is 0.362. The lowest BCUT2D eigenvalue weighted by Gasteiger charge is -2.10. The lowest BCUT2D eigenvalue weighted by Crippen LogP contribution is -2.21. The van der Waals surface area contributed by atoms with E-state index in [-0.39, 0.29) is 0 Å². The molecule has 0 N–H and O–H groups in total. The number of thiol groups is 1. The van der Waals surface area contributed by atoms with Crippen LogP contribution in [0.4, 0.5) is 0 Å². The quantitative estimate of drug-likeness (QED) is 0.547. The van der Waals surface area contributed by atoms with Gasteiger partial charge in [-0.1, -0.05) is 0 Å². The summed E-state index contributed by atoms with van der Waals surface area (Å²) in [5.41, 5.74) is 0. The molecule has 1 heterocycles. The molecular formula is C6H13NS. The Bertz CT molecular complexity index is 59.5. The van der Waals surface area contributed by atoms with Crippen molar-refractivity contribution in [2.75, 3.05) is 25.4 Å². The van der Waals surface area contributed by atoms with E-state index in [0.717, 1.165) is 5.75 Å². The third-order valence-electron chi connectivity index (χ3n) is 1.61. The highest BCUT2D eigenvalue weighted by molar-refractivity contribution is 7.80. The summed E-state index contributed by atoms with van der Waals surface area (Å²) in [5, 5.41) is 0. The molecule has 48 valence electrons. The molecule has 0 spiro atoms. The number of likely N-dealkylation sites (tertiary alicyclic amines) is 1. The molecule has 0 aromatic carbocycles. The Labute approximate surface area is 56.5 Å². The van der Waals surface area contributed by atoms with Gasteiger partial charge in [0.05, 0.1) is 0 Å². The summed E-state index contributed by atoms with van der Waals surface area (Å²) in [6, 6.07) is 0. The summed E-state index contributed by atoms with van der Waals surface area (Å²) in [7, 11) is 0. The predicted octanol–water partition coefficient (Wildman–Crippen LogP) is 1.01. The molecule has 0 aromatic heterocycles. The van der Waals surface area contributed by atoms with Gasteiger partial charge >= 0.3 is 0 Å². The molecule has 1 fully saturated rings. The Morgan fingerprint density at radius 3 is 2.38 bits per heavy atom. The zero-order valence-electron chi connectivity index (χ0n) is 5.14. The molecule has 1 nitrogen and oxygen atoms in total. The average Bonchev–Trinajstić information content (AvgIpc) is 2.19. The van der Waals surface area contributed by atoms with Crippen LogP contribution in [0.1, 0.15) is 12.8 Å². The molecule has 0 bridgehead atoms. The molecule has 0 saturated carbocycles. The van der Waals surface area contributed by atoms with Crippen molar-refractivity contribution < 1.29 is 0 Å². The molecule has 8 heavy (non-hydrogen) atoms. The molecule has 1 saturated heterocycles. The first-order chi connectivity index (χ1) is 3.93. The second kappa shape index (κ2) is 3.36. The summed E-state index contributed by atoms with van der Waals surface area (Å²) in [6.07, 6.45) is 2.79. The second-order valence-corrected chi connectivity index (χ2v) is 2.72. The molecule has 0 amide bonds. The molecule has 0 radical (unpaired) electrons. The number of hydrogen-bond acceptors (Lipinski definition) is 2. The van der Waals surface area contributed by atoms with Gasteiger partial charge in [0.15, 0.2) is 0 Å². The van der Waals surface area contributed by atoms with Crippen LogP contribution in [-0.4, -0.2) is 30.3 Å². The van der Waals surface area contributed by atoms with E-state index in [1.807, 2.05) is 0 Å². The largest absolute Gasteiger partial charge is 0.303 e. The summed E-state index contributed by atoms with van der Waals surface area (Å²) < 4.78 is 0. The molecule has 1 aliphatic heterocycles. The topological polar surface area (TPSA) is 3.24 Å². The lowest BCUT2D eigenvalue weighted by atomic mass is 10.4. The van der Waals surface area contributed by atoms with Gasteiger partial charge in [0.2, 0.25) is 0 Å². The fourth-order valence-corrected chi connectivity index (χ4v) is 1.43. The zero-order valence-corrected chi connectivity index (χ0v) is 6.03. The molecule has 0 aliphatic carbocycles. The maximum Gasteiger partial charge on any atom is 0.00698 e. The van der Waals surface area contributed by atoms with E-state index in [2.05, 4.69) is 17.5 Å². The fraction of sp³-hybridized carbons (Fsp3) is 1.00. The molecule has 0 unspecified atom stereocenters. The van der Waals surface area contributed by atoms with Gasteiger partial charge in [0.25, 0.3) is 0 Å². The van der Waals surface area contributed by atoms with E-state index in [1.165, 1.54) is 32.5 Å². The van der Waals surface area contributed by atoms with Crippen LogP contribution in [0, 0.1) is 0 Å². The Hall–Kier alpha value is 0.310. The standard InChI is InChI=1S/C6H13NS/c8-6-5-7-3-1-2-4-7/h8H,1-6H2. The minimum absolute atomic E-state index is 1.01. The van der Waals surface area contributed by atoms with Crippen LogP contribution >= 0.6 is 12.6 Å². The summed E-state index contributed by atoms with van der Waals surface area (Å²) >= 11 is 4.15. The summed E-state index contributed by atoms with van der Waals surface area (Å²) in [6.45, 7) is 3.80. The molecule has 1 rings (SSSR count). The van der Waals surface area contributed by atoms with Crippen LogP contribution < -0.4 is 0 Å². The Morgan fingerprint density at radius 1 is 1.25 bits per heavy atom. The second-order valence-electron chi connectivity index (χ2n) is 2.27. The van der Waals surface area contributed by atoms with Crippen molar-refractivity contribution in [3.8, 4) is 0 Å². The highest BCUT2D eigenvalue weighted by Gasteiger charge is 2.08. The first-order valence-electron chi connectivity index (χ1n) is 3.26. The Kier molecular flexibility index (Phi) is 2.70. The first kappa shape index (κ1) is 6.43. The number of hydrogen-bond donors (Lipinski definition) is 1. The summed E-state index contributed by atoms with van der Waals surface area (Å²) in [5.74, 6) is 1.01. The van der Waals surface area contributed by atoms with Crippen molar-refractivity contribution in [1.82, 2.24) is 4.90 Å². The maximum atomic E-state index is 4.15. The monoisotopic (exact) mass is 131 g/mol. The highest BCUT2D eigenvalue weighted by Crippen LogP contribution is 2.05. The third kappa shape index (κ3) is 1.67. The molecular weight excluding hydrogens is 118 g/mol. The molecule has 1 aliphatic rings. The van der Waals surface area contributed by atoms with Gasteiger partial charge < -0.3 is 4.90 Å². The van der Waals surface area contributed by atoms with Gasteiger partial charge in [-0.05, 0) is 25.9 Å². The van der Waals surface area contributed by atoms with E-state index in [1.54, 1.807) is 0 Å². The van der Waals surface area contributed by atoms with E-state index < -0.39 is 0 Å². The highest BCUT2D eigenvalue weighted by atomic mass is 32.1. The number of nitrogens with zero attached hydrogens (tertiary/aromatic N) is 1. The van der Waals surface area contributed by atoms with Crippen LogP contribution in [0.25, 0.3) is 0 Å². The van der Waals surface area contributed by atoms with Gasteiger partial charge in [-0.3, -0.25) is 0 Å². The average molecular weight is 131 g/mol. The zero-order chi connectivity index (χ0) is 5.82. The van der Waals surface area contributed by atoms with E-state index in [0.29, 0.717) is 0 Å². The number of rotatable bonds is 2. The van der Waals surface area contributed by atoms with E-state index >= 15 is 0 Å². The SMILES string of the molecule is SCCN1CCCC1. The van der Waals surface area contributed by atoms with Crippen molar-refractivity contribution in [2.45, 2.75) is 12.8 Å². The van der Waals surface area contributed by atoms with Gasteiger partial charge in [0.1, 0.15) is 0 Å². The fourth-order valence-electron chi connectivity index (χ4n) is 1.15. The maximum absolute atomic E-state index is 4.15. The third-order valence-corrected chi connectivity index (χ3v) is 1.81. The summed E-state index contributed by atoms with van der Waals surface area (Å²) in [4.78, 5) is 2.47. The van der Waals surface area contributed by atoms with Gasteiger partial charge in [-0.15, -0.1) is 0 Å². The minimum Gasteiger partial charge on any atom is -0.303 e. The van der Waals surface area contributed by atoms with Crippen LogP contribution in [0.5, 0.6) is 0 Å². The van der Waals surface area contributed by atoms with Crippen molar-refractivity contribution in [2.24, 2.45) is 0 Å². The van der Waals surface area contributed by atoms with Crippen molar-refractivity contribution in [1.29, 1.82) is 0 Å². The van der Waals surface area contributed by atoms with Crippen molar-refractivity contribution >= 4 is 12.6 Å². The van der Waals surface area contributed by atoms with Gasteiger partial charge in [-0.25, -0.2) is 0 Å². The van der Waals surface area contributed by atoms with Crippen molar-refractivity contribution in [3.05, 3.63) is 0 Å². The van der Waals surface area contributed by atoms with Crippen LogP contribution in [-0.2, 0) is 0 Å². The molecule has 2 heteroatoms. The molecule has 0 atom stereocenters. The van der Waals surface area contributed by atoms with E-state index in [4.69, 9.17) is 0 Å². The smallest absolute Gasteiger partial charge is 0.00698 e. The Morgan fingerprint density at radius 2 is 1.88 bits per heavy atom. The predicted molar refractivity (Wildman–Crippen MR) is 39.5 cm³/mol. The van der Waals surface area contributed by atoms with E-state index in [9.17, 15) is 0 Å². The van der Waals surface area contributed by atoms with Gasteiger partial charge in [-0.2, -0.15) is 12.6 Å².